The summed E-state index contributed by atoms with van der Waals surface area (Å²) in [6.07, 6.45) is 0. The van der Waals surface area contributed by atoms with Crippen LogP contribution in [0.25, 0.3) is 10.9 Å². The first-order valence-corrected chi connectivity index (χ1v) is 4.38. The van der Waals surface area contributed by atoms with Crippen molar-refractivity contribution in [3.8, 4) is 5.75 Å². The maximum absolute atomic E-state index is 12.8. The number of aromatic nitrogens is 1. The molecule has 0 saturated carbocycles. The van der Waals surface area contributed by atoms with Gasteiger partial charge in [-0.25, -0.2) is 9.37 Å². The molecule has 0 bridgehead atoms. The lowest BCUT2D eigenvalue weighted by Crippen LogP contribution is -1.88. The van der Waals surface area contributed by atoms with Crippen LogP contribution in [0.3, 0.4) is 0 Å². The van der Waals surface area contributed by atoms with Gasteiger partial charge in [0, 0.05) is 11.5 Å². The Kier molecular flexibility index (Phi) is 2.25. The highest BCUT2D eigenvalue weighted by atomic mass is 35.5. The van der Waals surface area contributed by atoms with Crippen LogP contribution in [0, 0.1) is 5.82 Å². The molecule has 0 aliphatic rings. The second kappa shape index (κ2) is 3.42. The Labute approximate surface area is 85.3 Å². The van der Waals surface area contributed by atoms with E-state index in [0.717, 1.165) is 5.39 Å². The summed E-state index contributed by atoms with van der Waals surface area (Å²) >= 11 is 5.80. The van der Waals surface area contributed by atoms with Crippen molar-refractivity contribution in [1.29, 1.82) is 0 Å². The van der Waals surface area contributed by atoms with Crippen LogP contribution in [0.15, 0.2) is 24.3 Å². The van der Waals surface area contributed by atoms with Gasteiger partial charge in [0.1, 0.15) is 5.82 Å². The summed E-state index contributed by atoms with van der Waals surface area (Å²) in [6, 6.07) is 6.07. The largest absolute Gasteiger partial charge is 0.494 e. The maximum Gasteiger partial charge on any atom is 0.171 e. The second-order valence-corrected chi connectivity index (χ2v) is 3.18. The molecule has 0 N–H and O–H groups in total. The van der Waals surface area contributed by atoms with Crippen LogP contribution in [0.5, 0.6) is 5.75 Å². The minimum atomic E-state index is -0.328. The molecule has 0 aliphatic heterocycles. The summed E-state index contributed by atoms with van der Waals surface area (Å²) in [6.45, 7) is 0. The number of methoxy groups -OCH3 is 1. The number of halogens is 2. The molecule has 0 amide bonds. The third kappa shape index (κ3) is 1.51. The first-order chi connectivity index (χ1) is 6.70. The summed E-state index contributed by atoms with van der Waals surface area (Å²) in [7, 11) is 1.51. The van der Waals surface area contributed by atoms with Gasteiger partial charge in [-0.3, -0.25) is 0 Å². The van der Waals surface area contributed by atoms with Crippen molar-refractivity contribution in [3.63, 3.8) is 0 Å². The van der Waals surface area contributed by atoms with Crippen LogP contribution in [-0.2, 0) is 0 Å². The molecule has 0 unspecified atom stereocenters. The van der Waals surface area contributed by atoms with E-state index in [2.05, 4.69) is 4.98 Å². The van der Waals surface area contributed by atoms with Crippen LogP contribution in [0.2, 0.25) is 5.15 Å². The number of nitrogens with zero attached hydrogens (tertiary/aromatic N) is 1. The fraction of sp³-hybridized carbons (Fsp3) is 0.100. The Morgan fingerprint density at radius 3 is 2.86 bits per heavy atom. The molecule has 0 saturated heterocycles. The lowest BCUT2D eigenvalue weighted by Gasteiger charge is -2.04. The van der Waals surface area contributed by atoms with Crippen molar-refractivity contribution < 1.29 is 9.13 Å². The predicted octanol–water partition coefficient (Wildman–Crippen LogP) is 3.04. The normalized spacial score (nSPS) is 10.5. The number of rotatable bonds is 1. The number of hydrogen-bond donors (Lipinski definition) is 0. The molecule has 0 fully saturated rings. The second-order valence-electron chi connectivity index (χ2n) is 2.82. The van der Waals surface area contributed by atoms with E-state index in [1.807, 2.05) is 0 Å². The van der Waals surface area contributed by atoms with Gasteiger partial charge in [-0.2, -0.15) is 0 Å². The van der Waals surface area contributed by atoms with Gasteiger partial charge >= 0.3 is 0 Å². The molecule has 72 valence electrons. The van der Waals surface area contributed by atoms with Crippen LogP contribution in [-0.4, -0.2) is 12.1 Å². The number of pyridine rings is 1. The molecule has 0 radical (unpaired) electrons. The van der Waals surface area contributed by atoms with Gasteiger partial charge in [0.25, 0.3) is 0 Å². The molecule has 2 nitrogen and oxygen atoms in total. The van der Waals surface area contributed by atoms with Crippen LogP contribution in [0.4, 0.5) is 4.39 Å². The summed E-state index contributed by atoms with van der Waals surface area (Å²) in [5.41, 5.74) is 0.524. The molecule has 2 aromatic rings. The van der Waals surface area contributed by atoms with Gasteiger partial charge in [-0.15, -0.1) is 0 Å². The Morgan fingerprint density at radius 1 is 1.36 bits per heavy atom. The molecule has 1 aromatic heterocycles. The third-order valence-corrected chi connectivity index (χ3v) is 2.19. The first-order valence-electron chi connectivity index (χ1n) is 4.00. The van der Waals surface area contributed by atoms with Crippen molar-refractivity contribution in [2.45, 2.75) is 0 Å². The highest BCUT2D eigenvalue weighted by Crippen LogP contribution is 2.26. The van der Waals surface area contributed by atoms with Crippen LogP contribution in [0.1, 0.15) is 0 Å². The minimum absolute atomic E-state index is 0.241. The molecule has 4 heteroatoms. The Hall–Kier alpha value is -1.35. The van der Waals surface area contributed by atoms with Gasteiger partial charge < -0.3 is 4.74 Å². The van der Waals surface area contributed by atoms with E-state index >= 15 is 0 Å². The van der Waals surface area contributed by atoms with Gasteiger partial charge in [0.2, 0.25) is 0 Å². The number of fused-ring (bicyclic) bond motifs is 1. The minimum Gasteiger partial charge on any atom is -0.494 e. The maximum atomic E-state index is 12.8. The summed E-state index contributed by atoms with van der Waals surface area (Å²) < 4.78 is 17.8. The Bertz CT molecular complexity index is 487. The van der Waals surface area contributed by atoms with Crippen LogP contribution < -0.4 is 4.74 Å². The Morgan fingerprint density at radius 2 is 2.14 bits per heavy atom. The van der Waals surface area contributed by atoms with E-state index in [4.69, 9.17) is 16.3 Å². The van der Waals surface area contributed by atoms with E-state index < -0.39 is 0 Å². The molecular weight excluding hydrogens is 205 g/mol. The van der Waals surface area contributed by atoms with Crippen molar-refractivity contribution >= 4 is 22.5 Å². The molecule has 1 aromatic carbocycles. The van der Waals surface area contributed by atoms with Gasteiger partial charge in [-0.1, -0.05) is 11.6 Å². The number of hydrogen-bond acceptors (Lipinski definition) is 2. The van der Waals surface area contributed by atoms with E-state index in [1.54, 1.807) is 12.1 Å². The molecule has 0 aliphatic carbocycles. The van der Waals surface area contributed by atoms with Crippen LogP contribution >= 0.6 is 11.6 Å². The van der Waals surface area contributed by atoms with E-state index in [1.165, 1.54) is 19.2 Å². The van der Waals surface area contributed by atoms with Crippen molar-refractivity contribution in [2.75, 3.05) is 7.11 Å². The highest BCUT2D eigenvalue weighted by Gasteiger charge is 2.05. The average molecular weight is 212 g/mol. The van der Waals surface area contributed by atoms with Gasteiger partial charge in [-0.05, 0) is 18.2 Å². The predicted molar refractivity (Wildman–Crippen MR) is 53.3 cm³/mol. The first kappa shape index (κ1) is 9.21. The summed E-state index contributed by atoms with van der Waals surface area (Å²) in [5.74, 6) is 0.164. The van der Waals surface area contributed by atoms with E-state index in [-0.39, 0.29) is 11.0 Å². The fourth-order valence-corrected chi connectivity index (χ4v) is 1.46. The standard InChI is InChI=1S/C10H7ClFNO/c1-14-9-4-6-2-3-7(12)5-8(6)13-10(9)11/h2-5H,1H3. The fourth-order valence-electron chi connectivity index (χ4n) is 1.24. The quantitative estimate of drug-likeness (QED) is 0.677. The average Bonchev–Trinajstić information content (AvgIpc) is 2.16. The smallest absolute Gasteiger partial charge is 0.171 e. The third-order valence-electron chi connectivity index (χ3n) is 1.92. The lowest BCUT2D eigenvalue weighted by atomic mass is 10.2. The van der Waals surface area contributed by atoms with Crippen molar-refractivity contribution in [2.24, 2.45) is 0 Å². The Balaban J connectivity index is 2.73. The zero-order valence-corrected chi connectivity index (χ0v) is 8.18. The highest BCUT2D eigenvalue weighted by molar-refractivity contribution is 6.31. The zero-order valence-electron chi connectivity index (χ0n) is 7.42. The molecule has 1 heterocycles. The molecule has 0 atom stereocenters. The zero-order chi connectivity index (χ0) is 10.1. The molecular formula is C10H7ClFNO. The summed E-state index contributed by atoms with van der Waals surface area (Å²) in [5, 5.41) is 1.04. The SMILES string of the molecule is COc1cc2ccc(F)cc2nc1Cl. The monoisotopic (exact) mass is 211 g/mol. The van der Waals surface area contributed by atoms with Crippen molar-refractivity contribution in [1.82, 2.24) is 4.98 Å². The van der Waals surface area contributed by atoms with E-state index in [0.29, 0.717) is 11.3 Å². The summed E-state index contributed by atoms with van der Waals surface area (Å²) in [4.78, 5) is 4.01. The van der Waals surface area contributed by atoms with E-state index in [9.17, 15) is 4.39 Å². The number of benzene rings is 1. The van der Waals surface area contributed by atoms with Crippen molar-refractivity contribution in [3.05, 3.63) is 35.2 Å². The lowest BCUT2D eigenvalue weighted by molar-refractivity contribution is 0.414. The topological polar surface area (TPSA) is 22.1 Å². The van der Waals surface area contributed by atoms with Gasteiger partial charge in [0.05, 0.1) is 12.6 Å². The molecule has 0 spiro atoms. The molecule has 2 rings (SSSR count). The van der Waals surface area contributed by atoms with Gasteiger partial charge in [0.15, 0.2) is 10.9 Å². The molecule has 14 heavy (non-hydrogen) atoms. The number of ether oxygens (including phenoxy) is 1.